The van der Waals surface area contributed by atoms with Crippen molar-refractivity contribution in [2.75, 3.05) is 0 Å². The summed E-state index contributed by atoms with van der Waals surface area (Å²) in [5, 5.41) is 20.5. The molecule has 0 bridgehead atoms. The van der Waals surface area contributed by atoms with Crippen molar-refractivity contribution in [3.8, 4) is 0 Å². The van der Waals surface area contributed by atoms with Gasteiger partial charge in [0.05, 0.1) is 12.2 Å². The Morgan fingerprint density at radius 2 is 1.33 bits per heavy atom. The highest BCUT2D eigenvalue weighted by atomic mass is 16.3. The van der Waals surface area contributed by atoms with E-state index in [0.29, 0.717) is 40.7 Å². The molecule has 0 unspecified atom stereocenters. The summed E-state index contributed by atoms with van der Waals surface area (Å²) in [7, 11) is 0. The van der Waals surface area contributed by atoms with E-state index in [-0.39, 0.29) is 28.5 Å². The number of ketones is 2. The van der Waals surface area contributed by atoms with Crippen LogP contribution in [-0.2, 0) is 9.59 Å². The molecule has 0 amide bonds. The number of aliphatic hydroxyl groups is 2. The number of allylic oxidation sites excluding steroid dienone is 2. The first-order valence-electron chi connectivity index (χ1n) is 17.7. The van der Waals surface area contributed by atoms with Crippen molar-refractivity contribution >= 4 is 11.6 Å². The molecule has 0 aromatic heterocycles. The molecule has 4 nitrogen and oxygen atoms in total. The van der Waals surface area contributed by atoms with Crippen molar-refractivity contribution in [2.45, 2.75) is 143 Å². The topological polar surface area (TPSA) is 74.6 Å². The monoisotopic (exact) mass is 576 g/mol. The van der Waals surface area contributed by atoms with Crippen molar-refractivity contribution in [2.24, 2.45) is 57.2 Å². The number of aliphatic hydroxyl groups excluding tert-OH is 2. The van der Waals surface area contributed by atoms with Crippen molar-refractivity contribution in [1.29, 1.82) is 0 Å². The number of fused-ring (bicyclic) bond motifs is 10. The summed E-state index contributed by atoms with van der Waals surface area (Å²) < 4.78 is 0. The van der Waals surface area contributed by atoms with Gasteiger partial charge in [0.15, 0.2) is 5.78 Å². The quantitative estimate of drug-likeness (QED) is 0.289. The van der Waals surface area contributed by atoms with Crippen LogP contribution in [0, 0.1) is 57.2 Å². The number of carbonyl (C=O) groups is 2. The van der Waals surface area contributed by atoms with E-state index in [1.807, 2.05) is 6.08 Å². The summed E-state index contributed by atoms with van der Waals surface area (Å²) in [6.07, 6.45) is 21.4. The van der Waals surface area contributed by atoms with Gasteiger partial charge in [-0.2, -0.15) is 0 Å². The molecule has 0 aromatic carbocycles. The molecule has 42 heavy (non-hydrogen) atoms. The van der Waals surface area contributed by atoms with E-state index in [1.54, 1.807) is 5.57 Å². The van der Waals surface area contributed by atoms with Gasteiger partial charge < -0.3 is 10.2 Å². The van der Waals surface area contributed by atoms with Gasteiger partial charge in [-0.25, -0.2) is 0 Å². The van der Waals surface area contributed by atoms with Crippen molar-refractivity contribution in [3.05, 3.63) is 23.3 Å². The second kappa shape index (κ2) is 10.1. The van der Waals surface area contributed by atoms with Gasteiger partial charge in [0.2, 0.25) is 0 Å². The molecule has 2 N–H and O–H groups in total. The van der Waals surface area contributed by atoms with Gasteiger partial charge in [0.1, 0.15) is 5.78 Å². The number of Topliss-reactive ketones (excluding diaryl/α,β-unsaturated/α-hetero) is 1. The lowest BCUT2D eigenvalue weighted by atomic mass is 9.47. The second-order valence-corrected chi connectivity index (χ2v) is 17.2. The summed E-state index contributed by atoms with van der Waals surface area (Å²) in [5.41, 5.74) is 3.69. The van der Waals surface area contributed by atoms with Crippen LogP contribution in [0.25, 0.3) is 0 Å². The molecule has 8 aliphatic rings. The zero-order valence-corrected chi connectivity index (χ0v) is 26.8. The fourth-order valence-electron chi connectivity index (χ4n) is 12.9. The smallest absolute Gasteiger partial charge is 0.155 e. The Labute approximate surface area is 254 Å². The molecule has 0 saturated heterocycles. The van der Waals surface area contributed by atoms with Crippen molar-refractivity contribution < 1.29 is 19.8 Å². The summed E-state index contributed by atoms with van der Waals surface area (Å²) >= 11 is 0. The van der Waals surface area contributed by atoms with E-state index in [0.717, 1.165) is 76.0 Å². The molecule has 0 radical (unpaired) electrons. The Kier molecular flexibility index (Phi) is 7.10. The minimum atomic E-state index is -0.108. The van der Waals surface area contributed by atoms with Crippen LogP contribution in [0.4, 0.5) is 0 Å². The lowest BCUT2D eigenvalue weighted by molar-refractivity contribution is -0.132. The first-order valence-corrected chi connectivity index (χ1v) is 17.7. The summed E-state index contributed by atoms with van der Waals surface area (Å²) in [5.74, 6) is 5.15. The normalized spacial score (nSPS) is 52.7. The van der Waals surface area contributed by atoms with Crippen molar-refractivity contribution in [1.82, 2.24) is 0 Å². The minimum absolute atomic E-state index is 0.0246. The number of hydrogen-bond acceptors (Lipinski definition) is 4. The van der Waals surface area contributed by atoms with Crippen LogP contribution in [0.15, 0.2) is 23.3 Å². The molecule has 6 saturated carbocycles. The molecule has 0 aliphatic heterocycles. The Balaban J connectivity index is 0.000000137. The molecule has 12 atom stereocenters. The van der Waals surface area contributed by atoms with E-state index in [2.05, 4.69) is 33.8 Å². The standard InChI is InChI=1S/C19H30O2.C19H26O2/c2*1-18-9-7-13(20)11-12(18)3-4-14-15-5-6-17(21)19(15,2)10-8-16(14)18/h3,13-17,20-21H,4-11H2,1-2H3;11,14-16H,3-10H2,1-2H3/t13-,14-,15-,16-,17-,18-,19-;14-,15-,16-,18-,19-/m00/s1. The van der Waals surface area contributed by atoms with E-state index in [9.17, 15) is 19.8 Å². The van der Waals surface area contributed by atoms with Gasteiger partial charge in [-0.15, -0.1) is 0 Å². The Morgan fingerprint density at radius 3 is 2.14 bits per heavy atom. The maximum absolute atomic E-state index is 12.4. The minimum Gasteiger partial charge on any atom is -0.393 e. The molecular weight excluding hydrogens is 520 g/mol. The maximum atomic E-state index is 12.4. The highest BCUT2D eigenvalue weighted by Gasteiger charge is 2.60. The fraction of sp³-hybridized carbons (Fsp3) is 0.842. The zero-order chi connectivity index (χ0) is 29.7. The van der Waals surface area contributed by atoms with Crippen molar-refractivity contribution in [3.63, 3.8) is 0 Å². The Morgan fingerprint density at radius 1 is 0.643 bits per heavy atom. The molecule has 6 fully saturated rings. The Bertz CT molecular complexity index is 1200. The third-order valence-corrected chi connectivity index (χ3v) is 15.7. The number of hydrogen-bond donors (Lipinski definition) is 2. The van der Waals surface area contributed by atoms with Crippen LogP contribution in [0.5, 0.6) is 0 Å². The number of carbonyl (C=O) groups excluding carboxylic acids is 2. The van der Waals surface area contributed by atoms with Gasteiger partial charge in [-0.05, 0) is 148 Å². The molecule has 0 aromatic rings. The largest absolute Gasteiger partial charge is 0.393 e. The molecule has 8 aliphatic carbocycles. The van der Waals surface area contributed by atoms with Crippen LogP contribution in [0.1, 0.15) is 130 Å². The van der Waals surface area contributed by atoms with Crippen LogP contribution < -0.4 is 0 Å². The highest BCUT2D eigenvalue weighted by Crippen LogP contribution is 2.66. The van der Waals surface area contributed by atoms with Gasteiger partial charge >= 0.3 is 0 Å². The third kappa shape index (κ3) is 4.19. The SMILES string of the molecule is C[C@]12CCC(=O)C=C1CC[C@@H]1[C@@H]2CC[C@]2(C)C(=O)CC[C@@H]12.C[C@]12CC[C@H]3[C@@H](CC=C4C[C@@H](O)CC[C@@]43C)[C@@H]1CC[C@@H]2O. The van der Waals surface area contributed by atoms with Crippen LogP contribution >= 0.6 is 0 Å². The van der Waals surface area contributed by atoms with Gasteiger partial charge in [0.25, 0.3) is 0 Å². The summed E-state index contributed by atoms with van der Waals surface area (Å²) in [4.78, 5) is 24.1. The first-order chi connectivity index (χ1) is 19.9. The maximum Gasteiger partial charge on any atom is 0.155 e. The van der Waals surface area contributed by atoms with Gasteiger partial charge in [-0.1, -0.05) is 44.9 Å². The summed E-state index contributed by atoms with van der Waals surface area (Å²) in [6, 6.07) is 0. The Hall–Kier alpha value is -1.26. The lowest BCUT2D eigenvalue weighted by Gasteiger charge is -2.57. The van der Waals surface area contributed by atoms with Gasteiger partial charge in [-0.3, -0.25) is 9.59 Å². The molecular formula is C38H56O4. The predicted octanol–water partition coefficient (Wildman–Crippen LogP) is 7.76. The van der Waals surface area contributed by atoms with Crippen LogP contribution in [-0.4, -0.2) is 34.0 Å². The van der Waals surface area contributed by atoms with E-state index < -0.39 is 0 Å². The molecule has 0 heterocycles. The van der Waals surface area contributed by atoms with E-state index >= 15 is 0 Å². The average Bonchev–Trinajstić information content (AvgIpc) is 3.44. The lowest BCUT2D eigenvalue weighted by Crippen LogP contribution is -2.51. The average molecular weight is 577 g/mol. The molecule has 8 rings (SSSR count). The first kappa shape index (κ1) is 29.5. The third-order valence-electron chi connectivity index (χ3n) is 15.7. The zero-order valence-electron chi connectivity index (χ0n) is 26.8. The molecule has 0 spiro atoms. The van der Waals surface area contributed by atoms with Crippen LogP contribution in [0.3, 0.4) is 0 Å². The summed E-state index contributed by atoms with van der Waals surface area (Å²) in [6.45, 7) is 9.45. The van der Waals surface area contributed by atoms with E-state index in [1.165, 1.54) is 44.1 Å². The fourth-order valence-corrected chi connectivity index (χ4v) is 12.9. The second-order valence-electron chi connectivity index (χ2n) is 17.2. The predicted molar refractivity (Wildman–Crippen MR) is 165 cm³/mol. The molecule has 232 valence electrons. The van der Waals surface area contributed by atoms with Gasteiger partial charge in [0, 0.05) is 18.3 Å². The van der Waals surface area contributed by atoms with Crippen LogP contribution in [0.2, 0.25) is 0 Å². The number of rotatable bonds is 0. The highest BCUT2D eigenvalue weighted by molar-refractivity contribution is 5.91. The molecule has 4 heteroatoms. The van der Waals surface area contributed by atoms with E-state index in [4.69, 9.17) is 0 Å².